The molecule has 0 radical (unpaired) electrons. The molecule has 1 atom stereocenters. The molecule has 2 rings (SSSR count). The molecule has 1 heterocycles. The van der Waals surface area contributed by atoms with Gasteiger partial charge in [-0.1, -0.05) is 0 Å². The molecule has 1 aliphatic heterocycles. The summed E-state index contributed by atoms with van der Waals surface area (Å²) in [6, 6.07) is 4.27. The van der Waals surface area contributed by atoms with E-state index in [1.54, 1.807) is 6.92 Å². The van der Waals surface area contributed by atoms with Crippen LogP contribution < -0.4 is 10.1 Å². The van der Waals surface area contributed by atoms with Gasteiger partial charge in [0, 0.05) is 24.8 Å². The molecule has 0 aliphatic carbocycles. The molecule has 1 aromatic rings. The van der Waals surface area contributed by atoms with Crippen molar-refractivity contribution in [1.82, 2.24) is 4.31 Å². The Balaban J connectivity index is 2.10. The molecular formula is C16H22N2O6S. The Bertz CT molecular complexity index is 762. The average Bonchev–Trinajstić information content (AvgIpc) is 2.61. The zero-order valence-electron chi connectivity index (χ0n) is 14.2. The van der Waals surface area contributed by atoms with Gasteiger partial charge < -0.3 is 15.2 Å². The van der Waals surface area contributed by atoms with E-state index in [-0.39, 0.29) is 29.5 Å². The zero-order chi connectivity index (χ0) is 18.6. The van der Waals surface area contributed by atoms with E-state index in [2.05, 4.69) is 5.32 Å². The normalized spacial score (nSPS) is 18.6. The van der Waals surface area contributed by atoms with Crippen LogP contribution in [0.2, 0.25) is 0 Å². The number of hydrogen-bond acceptors (Lipinski definition) is 5. The van der Waals surface area contributed by atoms with Crippen LogP contribution in [0.25, 0.3) is 0 Å². The fraction of sp³-hybridized carbons (Fsp3) is 0.500. The number of nitrogens with one attached hydrogen (secondary N) is 1. The zero-order valence-corrected chi connectivity index (χ0v) is 15.0. The SMILES string of the molecule is CCS(=O)(=O)N1CCCC(C(=O)Nc2ccc(C(=O)O)c(OC)c2)C1. The molecule has 1 saturated heterocycles. The van der Waals surface area contributed by atoms with Crippen LogP contribution in [-0.4, -0.2) is 55.7 Å². The number of carbonyl (C=O) groups excluding carboxylic acids is 1. The molecule has 9 heteroatoms. The van der Waals surface area contributed by atoms with Crippen LogP contribution in [0, 0.1) is 5.92 Å². The lowest BCUT2D eigenvalue weighted by molar-refractivity contribution is -0.120. The van der Waals surface area contributed by atoms with Gasteiger partial charge in [0.05, 0.1) is 18.8 Å². The number of nitrogens with zero attached hydrogens (tertiary/aromatic N) is 1. The Kier molecular flexibility index (Phi) is 6.02. The highest BCUT2D eigenvalue weighted by molar-refractivity contribution is 7.89. The summed E-state index contributed by atoms with van der Waals surface area (Å²) in [4.78, 5) is 23.5. The van der Waals surface area contributed by atoms with Crippen LogP contribution >= 0.6 is 0 Å². The number of methoxy groups -OCH3 is 1. The van der Waals surface area contributed by atoms with Crippen molar-refractivity contribution in [2.24, 2.45) is 5.92 Å². The molecule has 0 saturated carbocycles. The molecule has 1 aliphatic rings. The Labute approximate surface area is 146 Å². The molecule has 8 nitrogen and oxygen atoms in total. The number of carboxylic acids is 1. The second kappa shape index (κ2) is 7.83. The van der Waals surface area contributed by atoms with Gasteiger partial charge in [0.1, 0.15) is 11.3 Å². The van der Waals surface area contributed by atoms with Gasteiger partial charge in [0.15, 0.2) is 0 Å². The van der Waals surface area contributed by atoms with Crippen molar-refractivity contribution in [3.8, 4) is 5.75 Å². The molecule has 0 spiro atoms. The summed E-state index contributed by atoms with van der Waals surface area (Å²) >= 11 is 0. The van der Waals surface area contributed by atoms with Crippen molar-refractivity contribution in [1.29, 1.82) is 0 Å². The Morgan fingerprint density at radius 2 is 2.12 bits per heavy atom. The minimum Gasteiger partial charge on any atom is -0.496 e. The second-order valence-electron chi connectivity index (χ2n) is 5.81. The standard InChI is InChI=1S/C16H22N2O6S/c1-3-25(22,23)18-8-4-5-11(10-18)15(19)17-12-6-7-13(16(20)21)14(9-12)24-2/h6-7,9,11H,3-5,8,10H2,1-2H3,(H,17,19)(H,20,21). The Hall–Kier alpha value is -2.13. The van der Waals surface area contributed by atoms with Gasteiger partial charge in [-0.15, -0.1) is 0 Å². The molecular weight excluding hydrogens is 348 g/mol. The minimum atomic E-state index is -3.32. The number of ether oxygens (including phenoxy) is 1. The monoisotopic (exact) mass is 370 g/mol. The maximum Gasteiger partial charge on any atom is 0.339 e. The third-order valence-corrected chi connectivity index (χ3v) is 6.06. The number of amides is 1. The van der Waals surface area contributed by atoms with Crippen LogP contribution in [0.1, 0.15) is 30.1 Å². The van der Waals surface area contributed by atoms with E-state index in [4.69, 9.17) is 9.84 Å². The Morgan fingerprint density at radius 1 is 1.40 bits per heavy atom. The van der Waals surface area contributed by atoms with E-state index >= 15 is 0 Å². The molecule has 0 bridgehead atoms. The minimum absolute atomic E-state index is 0.00150. The van der Waals surface area contributed by atoms with Crippen molar-refractivity contribution >= 4 is 27.6 Å². The first-order valence-electron chi connectivity index (χ1n) is 7.98. The van der Waals surface area contributed by atoms with E-state index in [0.717, 1.165) is 0 Å². The lowest BCUT2D eigenvalue weighted by atomic mass is 9.98. The van der Waals surface area contributed by atoms with E-state index in [0.29, 0.717) is 25.1 Å². The highest BCUT2D eigenvalue weighted by atomic mass is 32.2. The van der Waals surface area contributed by atoms with Gasteiger partial charge in [-0.3, -0.25) is 4.79 Å². The first-order valence-corrected chi connectivity index (χ1v) is 9.59. The number of hydrogen-bond donors (Lipinski definition) is 2. The van der Waals surface area contributed by atoms with Gasteiger partial charge in [0.25, 0.3) is 0 Å². The molecule has 138 valence electrons. The predicted octanol–water partition coefficient (Wildman–Crippen LogP) is 1.39. The van der Waals surface area contributed by atoms with Gasteiger partial charge in [0.2, 0.25) is 15.9 Å². The molecule has 25 heavy (non-hydrogen) atoms. The lowest BCUT2D eigenvalue weighted by Gasteiger charge is -2.30. The largest absolute Gasteiger partial charge is 0.496 e. The first-order chi connectivity index (χ1) is 11.8. The molecule has 1 unspecified atom stereocenters. The number of benzene rings is 1. The Morgan fingerprint density at radius 3 is 2.72 bits per heavy atom. The second-order valence-corrected chi connectivity index (χ2v) is 8.06. The number of carboxylic acid groups (broad SMARTS) is 1. The highest BCUT2D eigenvalue weighted by Gasteiger charge is 2.31. The van der Waals surface area contributed by atoms with Crippen molar-refractivity contribution in [2.75, 3.05) is 31.3 Å². The maximum absolute atomic E-state index is 12.5. The van der Waals surface area contributed by atoms with Crippen LogP contribution in [0.4, 0.5) is 5.69 Å². The molecule has 1 amide bonds. The topological polar surface area (TPSA) is 113 Å². The van der Waals surface area contributed by atoms with Crippen molar-refractivity contribution in [3.05, 3.63) is 23.8 Å². The maximum atomic E-state index is 12.5. The molecule has 1 fully saturated rings. The van der Waals surface area contributed by atoms with Crippen molar-refractivity contribution < 1.29 is 27.9 Å². The van der Waals surface area contributed by atoms with Gasteiger partial charge in [-0.2, -0.15) is 0 Å². The van der Waals surface area contributed by atoms with Crippen LogP contribution in [0.5, 0.6) is 5.75 Å². The molecule has 2 N–H and O–H groups in total. The van der Waals surface area contributed by atoms with Gasteiger partial charge in [-0.25, -0.2) is 17.5 Å². The summed E-state index contributed by atoms with van der Waals surface area (Å²) in [5.74, 6) is -1.71. The van der Waals surface area contributed by atoms with Gasteiger partial charge in [-0.05, 0) is 31.9 Å². The van der Waals surface area contributed by atoms with Crippen molar-refractivity contribution in [2.45, 2.75) is 19.8 Å². The average molecular weight is 370 g/mol. The third kappa shape index (κ3) is 4.49. The smallest absolute Gasteiger partial charge is 0.339 e. The van der Waals surface area contributed by atoms with Crippen LogP contribution in [0.3, 0.4) is 0 Å². The summed E-state index contributed by atoms with van der Waals surface area (Å²) in [6.45, 7) is 2.17. The van der Waals surface area contributed by atoms with E-state index in [1.807, 2.05) is 0 Å². The summed E-state index contributed by atoms with van der Waals surface area (Å²) in [6.07, 6.45) is 1.23. The number of piperidine rings is 1. The summed E-state index contributed by atoms with van der Waals surface area (Å²) in [5, 5.41) is 11.8. The van der Waals surface area contributed by atoms with Crippen LogP contribution in [0.15, 0.2) is 18.2 Å². The quantitative estimate of drug-likeness (QED) is 0.782. The number of sulfonamides is 1. The number of anilines is 1. The van der Waals surface area contributed by atoms with Crippen LogP contribution in [-0.2, 0) is 14.8 Å². The third-order valence-electron chi connectivity index (χ3n) is 4.21. The number of aromatic carboxylic acids is 1. The summed E-state index contributed by atoms with van der Waals surface area (Å²) in [7, 11) is -1.97. The van der Waals surface area contributed by atoms with E-state index in [1.165, 1.54) is 29.6 Å². The summed E-state index contributed by atoms with van der Waals surface area (Å²) in [5.41, 5.74) is 0.403. The van der Waals surface area contributed by atoms with Gasteiger partial charge >= 0.3 is 5.97 Å². The van der Waals surface area contributed by atoms with E-state index < -0.39 is 21.9 Å². The first kappa shape index (κ1) is 19.2. The lowest BCUT2D eigenvalue weighted by Crippen LogP contribution is -2.44. The fourth-order valence-electron chi connectivity index (χ4n) is 2.78. The molecule has 0 aromatic heterocycles. The number of rotatable bonds is 6. The number of carbonyl (C=O) groups is 2. The molecule has 1 aromatic carbocycles. The summed E-state index contributed by atoms with van der Waals surface area (Å²) < 4.78 is 30.4. The predicted molar refractivity (Wildman–Crippen MR) is 92.3 cm³/mol. The van der Waals surface area contributed by atoms with E-state index in [9.17, 15) is 18.0 Å². The van der Waals surface area contributed by atoms with Crippen molar-refractivity contribution in [3.63, 3.8) is 0 Å². The highest BCUT2D eigenvalue weighted by Crippen LogP contribution is 2.25. The fourth-order valence-corrected chi connectivity index (χ4v) is 3.96.